The van der Waals surface area contributed by atoms with Crippen LogP contribution >= 0.6 is 116 Å². The average Bonchev–Trinajstić information content (AvgIpc) is 0.804. The Morgan fingerprint density at radius 3 is 0.515 bits per heavy atom. The fourth-order valence-corrected chi connectivity index (χ4v) is 40.6. The SMILES string of the molecule is CC(C)(C)P(Cc1[c-]c(CP(C(C)(C)C)C(C)(C)C)ccc1)C(C)(C)C.CC(C)(C)P(Cc1cccc(CP(C(C)(C)C)C(C)(C)C)c1)C(C)(C)C.ClCCl.[Cl][Ru+].[Cl][Ru][Cl].c1ccc(P(c2ccccc2)c2ccccc2)cc1.c1ccc(P(c2ccccc2)c2ccccc2)cc1.c1ccc(P(c2ccccc2)c2ccccc2)cc1.c1ccc([PH+](c2ccccc2)c2ccccc2)cc1. The summed E-state index contributed by atoms with van der Waals surface area (Å²) < 4.78 is 0. The molecular formula is C121H150Cl5P8Ru2+. The molecule has 0 aromatic heterocycles. The molecule has 724 valence electrons. The molecule has 14 aromatic carbocycles. The van der Waals surface area contributed by atoms with Crippen LogP contribution in [0.4, 0.5) is 0 Å². The maximum Gasteiger partial charge on any atom is 0.102 e. The first kappa shape index (κ1) is 120. The minimum atomic E-state index is -0.877. The van der Waals surface area contributed by atoms with Crippen molar-refractivity contribution >= 4 is 179 Å². The molecule has 0 saturated heterocycles. The molecule has 0 aliphatic carbocycles. The van der Waals surface area contributed by atoms with Gasteiger partial charge in [0.15, 0.2) is 0 Å². The molecule has 14 aromatic rings. The average molecular weight is 2230 g/mol. The maximum atomic E-state index is 4.85. The third kappa shape index (κ3) is 42.6. The molecule has 0 nitrogen and oxygen atoms in total. The van der Waals surface area contributed by atoms with Gasteiger partial charge >= 0.3 is 61.5 Å². The normalized spacial score (nSPS) is 11.8. The van der Waals surface area contributed by atoms with E-state index in [1.54, 1.807) is 0 Å². The minimum Gasteiger partial charge on any atom is -0.0622 e. The van der Waals surface area contributed by atoms with Crippen LogP contribution in [0.5, 0.6) is 0 Å². The first-order valence-electron chi connectivity index (χ1n) is 46.7. The minimum absolute atomic E-state index is 0.0916. The first-order valence-corrected chi connectivity index (χ1v) is 66.1. The largest absolute Gasteiger partial charge is 0.102 e. The Kier molecular flexibility index (Phi) is 53.5. The molecule has 0 amide bonds. The molecule has 0 spiro atoms. The number of benzene rings is 14. The third-order valence-electron chi connectivity index (χ3n) is 22.0. The van der Waals surface area contributed by atoms with E-state index in [1.165, 1.54) is 111 Å². The number of alkyl halides is 2. The number of rotatable bonds is 20. The topological polar surface area (TPSA) is 0 Å². The predicted octanol–water partition coefficient (Wildman–Crippen LogP) is 34.5. The van der Waals surface area contributed by atoms with Crippen molar-refractivity contribution < 1.29 is 32.5 Å². The van der Waals surface area contributed by atoms with Gasteiger partial charge in [-0.15, -0.1) is 23.2 Å². The third-order valence-corrected chi connectivity index (χ3v) is 47.7. The Balaban J connectivity index is 0.000000247. The molecular weight excluding hydrogens is 2080 g/mol. The van der Waals surface area contributed by atoms with Gasteiger partial charge in [0.1, 0.15) is 15.9 Å². The second kappa shape index (κ2) is 60.7. The van der Waals surface area contributed by atoms with E-state index in [4.69, 9.17) is 42.6 Å². The van der Waals surface area contributed by atoms with Gasteiger partial charge in [0, 0.05) is 0 Å². The summed E-state index contributed by atoms with van der Waals surface area (Å²) in [6, 6.07) is 150. The van der Waals surface area contributed by atoms with E-state index in [1.807, 2.05) is 17.3 Å². The smallest absolute Gasteiger partial charge is 0.0622 e. The molecule has 0 atom stereocenters. The van der Waals surface area contributed by atoms with Crippen molar-refractivity contribution in [3.05, 3.63) is 435 Å². The molecule has 0 radical (unpaired) electrons. The molecule has 14 rings (SSSR count). The van der Waals surface area contributed by atoms with Crippen LogP contribution in [0.2, 0.25) is 0 Å². The number of hydrogen-bond donors (Lipinski definition) is 0. The van der Waals surface area contributed by atoms with Crippen LogP contribution in [0, 0.1) is 6.07 Å². The summed E-state index contributed by atoms with van der Waals surface area (Å²) in [7, 11) is 11.6. The Labute approximate surface area is 875 Å². The molecule has 0 heterocycles. The van der Waals surface area contributed by atoms with E-state index in [0.29, 0.717) is 41.2 Å². The zero-order valence-corrected chi connectivity index (χ0v) is 99.5. The summed E-state index contributed by atoms with van der Waals surface area (Å²) in [4.78, 5) is 0. The van der Waals surface area contributed by atoms with Gasteiger partial charge in [0.05, 0.1) is 13.3 Å². The van der Waals surface area contributed by atoms with E-state index in [0.717, 1.165) is 0 Å². The van der Waals surface area contributed by atoms with Crippen molar-refractivity contribution in [3.8, 4) is 0 Å². The molecule has 0 fully saturated rings. The fraction of sp³-hybridized carbons (Fsp3) is 0.306. The Bertz CT molecular complexity index is 4370. The van der Waals surface area contributed by atoms with E-state index in [2.05, 4.69) is 588 Å². The summed E-state index contributed by atoms with van der Waals surface area (Å²) in [5.41, 5.74) is 5.90. The van der Waals surface area contributed by atoms with Crippen LogP contribution < -0.4 is 63.7 Å². The van der Waals surface area contributed by atoms with E-state index in [-0.39, 0.29) is 52.2 Å². The summed E-state index contributed by atoms with van der Waals surface area (Å²) >= 11 is 11.0. The van der Waals surface area contributed by atoms with Crippen LogP contribution in [0.15, 0.2) is 406 Å². The molecule has 15 heteroatoms. The Morgan fingerprint density at radius 1 is 0.221 bits per heavy atom. The fourth-order valence-electron chi connectivity index (χ4n) is 17.1. The van der Waals surface area contributed by atoms with Gasteiger partial charge in [-0.2, -0.15) is 35.4 Å². The molecule has 0 aliphatic rings. The molecule has 0 aliphatic heterocycles. The predicted molar refractivity (Wildman–Crippen MR) is 628 cm³/mol. The van der Waals surface area contributed by atoms with Gasteiger partial charge in [-0.3, -0.25) is 0 Å². The van der Waals surface area contributed by atoms with E-state index < -0.39 is 31.7 Å². The standard InChI is InChI=1S/C24H44P2.C24H43P2.4C18H15P.CH2Cl2.3ClH.2Ru/c2*1-21(2,3)25(22(4,5)6)17-19-14-13-15-20(16-19)18-26(23(7,8)9)24(10,11)12;4*1-4-10-16(11-5-1)19(17-12-6-2-7-13-17)18-14-8-3-9-15-18;2-1-3;;;;;/h13-16H,17-18H2,1-12H3;13-15H,17-18H2,1-12H3;4*1-15H;1H2;3*1H;;/q;-1;;;;;;;;;2*+2/p-2. The quantitative estimate of drug-likeness (QED) is 0.0309. The molecule has 0 unspecified atom stereocenters. The Hall–Kier alpha value is -4.78. The number of hydrogen-bond acceptors (Lipinski definition) is 0. The summed E-state index contributed by atoms with van der Waals surface area (Å²) in [6.07, 6.45) is 4.83. The van der Waals surface area contributed by atoms with Gasteiger partial charge < -0.3 is 0 Å². The van der Waals surface area contributed by atoms with E-state index >= 15 is 0 Å². The van der Waals surface area contributed by atoms with Gasteiger partial charge in [0.25, 0.3) is 0 Å². The van der Waals surface area contributed by atoms with Crippen molar-refractivity contribution in [2.75, 3.05) is 5.34 Å². The van der Waals surface area contributed by atoms with Gasteiger partial charge in [-0.25, -0.2) is 0 Å². The number of halogens is 5. The van der Waals surface area contributed by atoms with Crippen molar-refractivity contribution in [3.63, 3.8) is 0 Å². The van der Waals surface area contributed by atoms with Crippen LogP contribution in [-0.4, -0.2) is 46.6 Å². The van der Waals surface area contributed by atoms with Crippen LogP contribution in [0.25, 0.3) is 0 Å². The molecule has 0 saturated carbocycles. The molecule has 0 bridgehead atoms. The summed E-state index contributed by atoms with van der Waals surface area (Å²) in [5, 5.41) is 20.1. The van der Waals surface area contributed by atoms with Gasteiger partial charge in [0.2, 0.25) is 0 Å². The van der Waals surface area contributed by atoms with Crippen LogP contribution in [0.1, 0.15) is 188 Å². The molecule has 0 N–H and O–H groups in total. The van der Waals surface area contributed by atoms with Crippen molar-refractivity contribution in [2.24, 2.45) is 0 Å². The van der Waals surface area contributed by atoms with Gasteiger partial charge in [-0.1, -0.05) is 550 Å². The Morgan fingerprint density at radius 2 is 0.360 bits per heavy atom. The van der Waals surface area contributed by atoms with E-state index in [9.17, 15) is 0 Å². The second-order valence-corrected chi connectivity index (χ2v) is 68.9. The van der Waals surface area contributed by atoms with Crippen LogP contribution in [0.3, 0.4) is 0 Å². The van der Waals surface area contributed by atoms with Crippen molar-refractivity contribution in [1.29, 1.82) is 0 Å². The monoisotopic (exact) mass is 2230 g/mol. The summed E-state index contributed by atoms with van der Waals surface area (Å²) in [5.74, 6) is 0. The second-order valence-electron chi connectivity index (χ2n) is 40.9. The first-order chi connectivity index (χ1) is 64.5. The zero-order chi connectivity index (χ0) is 100. The van der Waals surface area contributed by atoms with Crippen molar-refractivity contribution in [1.82, 2.24) is 0 Å². The van der Waals surface area contributed by atoms with Crippen molar-refractivity contribution in [2.45, 2.75) is 232 Å². The molecule has 136 heavy (non-hydrogen) atoms. The maximum absolute atomic E-state index is 4.85. The zero-order valence-electron chi connectivity index (χ0n) is 84.9. The summed E-state index contributed by atoms with van der Waals surface area (Å²) in [6.45, 7) is 58.0. The van der Waals surface area contributed by atoms with Crippen LogP contribution in [-0.2, 0) is 57.1 Å². The van der Waals surface area contributed by atoms with Gasteiger partial charge in [-0.05, 0) is 185 Å².